The van der Waals surface area contributed by atoms with Crippen molar-refractivity contribution in [2.75, 3.05) is 23.3 Å². The Morgan fingerprint density at radius 3 is 2.79 bits per heavy atom. The first-order chi connectivity index (χ1) is 16.0. The van der Waals surface area contributed by atoms with Gasteiger partial charge >= 0.3 is 6.09 Å². The third-order valence-electron chi connectivity index (χ3n) is 6.53. The average Bonchev–Trinajstić information content (AvgIpc) is 3.44. The summed E-state index contributed by atoms with van der Waals surface area (Å²) in [5.41, 5.74) is 1.17. The zero-order chi connectivity index (χ0) is 22.8. The first-order valence-electron chi connectivity index (χ1n) is 11.1. The highest BCUT2D eigenvalue weighted by Gasteiger charge is 2.47. The quantitative estimate of drug-likeness (QED) is 0.605. The van der Waals surface area contributed by atoms with Gasteiger partial charge in [0.25, 0.3) is 0 Å². The number of nitrogens with zero attached hydrogens (tertiary/aromatic N) is 4. The highest BCUT2D eigenvalue weighted by Crippen LogP contribution is 2.41. The highest BCUT2D eigenvalue weighted by atomic mass is 19.1. The van der Waals surface area contributed by atoms with Gasteiger partial charge in [0, 0.05) is 24.5 Å². The second kappa shape index (κ2) is 8.58. The van der Waals surface area contributed by atoms with Crippen LogP contribution in [0.3, 0.4) is 0 Å². The minimum Gasteiger partial charge on any atom is -0.441 e. The molecule has 8 heteroatoms. The van der Waals surface area contributed by atoms with Crippen LogP contribution in [-0.4, -0.2) is 34.6 Å². The van der Waals surface area contributed by atoms with Crippen LogP contribution in [0.4, 0.5) is 20.7 Å². The number of amides is 1. The molecule has 2 aromatic carbocycles. The molecule has 0 atom stereocenters. The first-order valence-corrected chi connectivity index (χ1v) is 11.1. The van der Waals surface area contributed by atoms with Crippen LogP contribution in [0.2, 0.25) is 0 Å². The maximum Gasteiger partial charge on any atom is 0.415 e. The second-order valence-corrected chi connectivity index (χ2v) is 8.72. The number of para-hydroxylation sites is 1. The Morgan fingerprint density at radius 2 is 2.00 bits per heavy atom. The molecule has 2 aliphatic rings. The van der Waals surface area contributed by atoms with E-state index in [1.165, 1.54) is 10.7 Å². The van der Waals surface area contributed by atoms with Crippen LogP contribution in [0, 0.1) is 23.1 Å². The van der Waals surface area contributed by atoms with Gasteiger partial charge in [-0.3, -0.25) is 4.90 Å². The topological polar surface area (TPSA) is 83.2 Å². The highest BCUT2D eigenvalue weighted by molar-refractivity contribution is 5.90. The number of nitrogens with one attached hydrogen (secondary N) is 1. The standard InChI is InChI=1S/C25H24FN5O2/c26-21-6-1-2-7-22(21)31-13-10-23(29-31)28-16-18-8-11-25(12-9-18)17-30(24(32)33-25)20-5-3-4-19(14-20)15-27/h1-7,10,13-14,18H,8-9,11-12,16-17H2,(H,28,29)/t18-,25-. The lowest BCUT2D eigenvalue weighted by Gasteiger charge is -2.35. The van der Waals surface area contributed by atoms with Gasteiger partial charge in [-0.15, -0.1) is 0 Å². The normalized spacial score (nSPS) is 22.2. The van der Waals surface area contributed by atoms with Gasteiger partial charge in [0.1, 0.15) is 22.9 Å². The predicted octanol–water partition coefficient (Wildman–Crippen LogP) is 4.88. The summed E-state index contributed by atoms with van der Waals surface area (Å²) in [6.07, 6.45) is 4.85. The van der Waals surface area contributed by atoms with E-state index in [1.807, 2.05) is 12.1 Å². The van der Waals surface area contributed by atoms with E-state index in [0.717, 1.165) is 32.2 Å². The van der Waals surface area contributed by atoms with Crippen molar-refractivity contribution in [3.8, 4) is 11.8 Å². The molecule has 1 aromatic heterocycles. The van der Waals surface area contributed by atoms with Crippen molar-refractivity contribution in [3.63, 3.8) is 0 Å². The summed E-state index contributed by atoms with van der Waals surface area (Å²) in [6, 6.07) is 17.5. The molecular formula is C25H24FN5O2. The zero-order valence-corrected chi connectivity index (χ0v) is 18.1. The molecule has 2 heterocycles. The molecule has 3 aromatic rings. The number of rotatable bonds is 5. The van der Waals surface area contributed by atoms with E-state index >= 15 is 0 Å². The molecule has 1 N–H and O–H groups in total. The van der Waals surface area contributed by atoms with E-state index in [2.05, 4.69) is 16.5 Å². The molecule has 7 nitrogen and oxygen atoms in total. The number of nitriles is 1. The van der Waals surface area contributed by atoms with Crippen LogP contribution in [0.5, 0.6) is 0 Å². The lowest BCUT2D eigenvalue weighted by atomic mass is 9.78. The molecule has 5 rings (SSSR count). The van der Waals surface area contributed by atoms with Gasteiger partial charge in [0.2, 0.25) is 0 Å². The van der Waals surface area contributed by atoms with Crippen molar-refractivity contribution in [2.24, 2.45) is 5.92 Å². The van der Waals surface area contributed by atoms with Gasteiger partial charge in [-0.1, -0.05) is 18.2 Å². The van der Waals surface area contributed by atoms with E-state index in [1.54, 1.807) is 47.5 Å². The van der Waals surface area contributed by atoms with Crippen LogP contribution in [0.15, 0.2) is 60.8 Å². The summed E-state index contributed by atoms with van der Waals surface area (Å²) >= 11 is 0. The van der Waals surface area contributed by atoms with Crippen LogP contribution in [-0.2, 0) is 4.74 Å². The summed E-state index contributed by atoms with van der Waals surface area (Å²) in [7, 11) is 0. The minimum atomic E-state index is -0.470. The fourth-order valence-electron chi connectivity index (χ4n) is 4.67. The summed E-state index contributed by atoms with van der Waals surface area (Å²) in [5.74, 6) is 0.822. The lowest BCUT2D eigenvalue weighted by Crippen LogP contribution is -2.39. The molecule has 1 amide bonds. The van der Waals surface area contributed by atoms with E-state index in [-0.39, 0.29) is 11.9 Å². The Kier molecular flexibility index (Phi) is 5.47. The number of aromatic nitrogens is 2. The SMILES string of the molecule is N#Cc1cccc(N2C[C@]3(CC[C@@H](CNc4ccn(-c5ccccc5F)n4)CC3)OC2=O)c1. The zero-order valence-electron chi connectivity index (χ0n) is 18.1. The largest absolute Gasteiger partial charge is 0.441 e. The lowest BCUT2D eigenvalue weighted by molar-refractivity contribution is 0.0148. The Labute approximate surface area is 191 Å². The number of hydrogen-bond donors (Lipinski definition) is 1. The predicted molar refractivity (Wildman–Crippen MR) is 122 cm³/mol. The molecule has 1 saturated carbocycles. The molecule has 1 spiro atoms. The number of halogens is 1. The number of benzene rings is 2. The number of carbonyl (C=O) groups is 1. The number of anilines is 2. The number of carbonyl (C=O) groups excluding carboxylic acids is 1. The van der Waals surface area contributed by atoms with Crippen molar-refractivity contribution >= 4 is 17.6 Å². The Bertz CT molecular complexity index is 1210. The molecule has 1 aliphatic heterocycles. The van der Waals surface area contributed by atoms with Gasteiger partial charge in [0.05, 0.1) is 18.2 Å². The maximum atomic E-state index is 14.0. The molecule has 1 saturated heterocycles. The summed E-state index contributed by atoms with van der Waals surface area (Å²) in [6.45, 7) is 1.26. The molecule has 33 heavy (non-hydrogen) atoms. The fraction of sp³-hybridized carbons (Fsp3) is 0.320. The number of ether oxygens (including phenoxy) is 1. The van der Waals surface area contributed by atoms with Gasteiger partial charge < -0.3 is 10.1 Å². The van der Waals surface area contributed by atoms with Crippen LogP contribution < -0.4 is 10.2 Å². The first kappa shape index (κ1) is 21.0. The van der Waals surface area contributed by atoms with Gasteiger partial charge in [-0.2, -0.15) is 10.4 Å². The van der Waals surface area contributed by atoms with Crippen molar-refractivity contribution in [3.05, 3.63) is 72.2 Å². The molecular weight excluding hydrogens is 421 g/mol. The summed E-state index contributed by atoms with van der Waals surface area (Å²) in [4.78, 5) is 14.2. The minimum absolute atomic E-state index is 0.316. The van der Waals surface area contributed by atoms with Crippen molar-refractivity contribution < 1.29 is 13.9 Å². The van der Waals surface area contributed by atoms with Crippen molar-refractivity contribution in [1.29, 1.82) is 5.26 Å². The van der Waals surface area contributed by atoms with E-state index < -0.39 is 5.60 Å². The molecule has 168 valence electrons. The number of hydrogen-bond acceptors (Lipinski definition) is 5. The van der Waals surface area contributed by atoms with Gasteiger partial charge in [0.15, 0.2) is 0 Å². The van der Waals surface area contributed by atoms with Crippen molar-refractivity contribution in [1.82, 2.24) is 9.78 Å². The summed E-state index contributed by atoms with van der Waals surface area (Å²) in [5, 5.41) is 16.9. The summed E-state index contributed by atoms with van der Waals surface area (Å²) < 4.78 is 21.3. The average molecular weight is 445 g/mol. The Hall–Kier alpha value is -3.86. The van der Waals surface area contributed by atoms with Gasteiger partial charge in [-0.25, -0.2) is 13.9 Å². The molecule has 2 fully saturated rings. The third-order valence-corrected chi connectivity index (χ3v) is 6.53. The molecule has 0 radical (unpaired) electrons. The van der Waals surface area contributed by atoms with Crippen LogP contribution >= 0.6 is 0 Å². The van der Waals surface area contributed by atoms with E-state index in [9.17, 15) is 9.18 Å². The third kappa shape index (κ3) is 4.27. The Morgan fingerprint density at radius 1 is 1.18 bits per heavy atom. The van der Waals surface area contributed by atoms with Crippen LogP contribution in [0.25, 0.3) is 5.69 Å². The Balaban J connectivity index is 1.16. The van der Waals surface area contributed by atoms with E-state index in [0.29, 0.717) is 35.2 Å². The second-order valence-electron chi connectivity index (χ2n) is 8.72. The van der Waals surface area contributed by atoms with E-state index in [4.69, 9.17) is 10.00 Å². The maximum absolute atomic E-state index is 14.0. The molecule has 0 unspecified atom stereocenters. The monoisotopic (exact) mass is 445 g/mol. The smallest absolute Gasteiger partial charge is 0.415 e. The fourth-order valence-corrected chi connectivity index (χ4v) is 4.67. The van der Waals surface area contributed by atoms with Crippen molar-refractivity contribution in [2.45, 2.75) is 31.3 Å². The van der Waals surface area contributed by atoms with Crippen LogP contribution in [0.1, 0.15) is 31.2 Å². The molecule has 0 bridgehead atoms. The molecule has 1 aliphatic carbocycles. The van der Waals surface area contributed by atoms with Gasteiger partial charge in [-0.05, 0) is 61.9 Å².